The van der Waals surface area contributed by atoms with E-state index in [1.54, 1.807) is 0 Å². The quantitative estimate of drug-likeness (QED) is 0.592. The molecule has 2 bridgehead atoms. The summed E-state index contributed by atoms with van der Waals surface area (Å²) in [4.78, 5) is 25.8. The highest BCUT2D eigenvalue weighted by Crippen LogP contribution is 2.70. The van der Waals surface area contributed by atoms with E-state index in [4.69, 9.17) is 4.74 Å². The van der Waals surface area contributed by atoms with Crippen LogP contribution >= 0.6 is 0 Å². The topological polar surface area (TPSA) is 63.6 Å². The molecule has 0 unspecified atom stereocenters. The van der Waals surface area contributed by atoms with Crippen LogP contribution in [0, 0.1) is 28.1 Å². The highest BCUT2D eigenvalue weighted by Gasteiger charge is 2.77. The molecule has 3 aliphatic carbocycles. The molecule has 1 aliphatic heterocycles. The van der Waals surface area contributed by atoms with Crippen LogP contribution in [0.5, 0.6) is 0 Å². The number of Topliss-reactive ketones (excluding diaryl/α,β-unsaturated/α-hetero) is 1. The Hall–Kier alpha value is -1.16. The lowest BCUT2D eigenvalue weighted by atomic mass is 9.41. The fourth-order valence-electron chi connectivity index (χ4n) is 6.56. The molecule has 0 spiro atoms. The average Bonchev–Trinajstić information content (AvgIpc) is 2.64. The zero-order valence-corrected chi connectivity index (χ0v) is 14.9. The molecule has 1 N–H and O–H groups in total. The lowest BCUT2D eigenvalue weighted by molar-refractivity contribution is -0.233. The normalized spacial score (nSPS) is 56.2. The molecule has 0 aromatic carbocycles. The molecule has 7 atom stereocenters. The van der Waals surface area contributed by atoms with Crippen LogP contribution in [-0.4, -0.2) is 28.6 Å². The lowest BCUT2D eigenvalue weighted by Gasteiger charge is -2.63. The van der Waals surface area contributed by atoms with Gasteiger partial charge in [-0.2, -0.15) is 0 Å². The van der Waals surface area contributed by atoms with Crippen LogP contribution in [0.25, 0.3) is 0 Å². The molecule has 24 heavy (non-hydrogen) atoms. The second kappa shape index (κ2) is 4.51. The number of ketones is 1. The average molecular weight is 332 g/mol. The number of hydrogen-bond acceptors (Lipinski definition) is 4. The molecule has 0 aromatic heterocycles. The van der Waals surface area contributed by atoms with Crippen molar-refractivity contribution in [2.75, 3.05) is 0 Å². The molecule has 1 heterocycles. The van der Waals surface area contributed by atoms with Gasteiger partial charge in [0, 0.05) is 23.7 Å². The number of allylic oxidation sites excluding steroid dienone is 1. The second-order valence-corrected chi connectivity index (χ2v) is 9.39. The first-order valence-electron chi connectivity index (χ1n) is 9.21. The van der Waals surface area contributed by atoms with Gasteiger partial charge in [-0.05, 0) is 44.4 Å². The van der Waals surface area contributed by atoms with Gasteiger partial charge in [-0.15, -0.1) is 6.58 Å². The molecule has 0 aromatic rings. The third-order valence-corrected chi connectivity index (χ3v) is 8.26. The van der Waals surface area contributed by atoms with Crippen LogP contribution in [-0.2, 0) is 14.3 Å². The van der Waals surface area contributed by atoms with Crippen molar-refractivity contribution in [3.8, 4) is 0 Å². The van der Waals surface area contributed by atoms with Gasteiger partial charge in [0.1, 0.15) is 11.4 Å². The minimum Gasteiger partial charge on any atom is -0.458 e. The first-order valence-corrected chi connectivity index (χ1v) is 9.21. The summed E-state index contributed by atoms with van der Waals surface area (Å²) < 4.78 is 6.10. The second-order valence-electron chi connectivity index (χ2n) is 9.39. The fraction of sp³-hybridized carbons (Fsp3) is 0.800. The Bertz CT molecular complexity index is 642. The Balaban J connectivity index is 1.88. The van der Waals surface area contributed by atoms with Gasteiger partial charge in [-0.25, -0.2) is 0 Å². The number of aliphatic hydroxyl groups is 1. The van der Waals surface area contributed by atoms with Crippen molar-refractivity contribution in [3.63, 3.8) is 0 Å². The van der Waals surface area contributed by atoms with Crippen LogP contribution in [0.1, 0.15) is 59.3 Å². The molecule has 4 heteroatoms. The molecular weight excluding hydrogens is 304 g/mol. The molecule has 132 valence electrons. The van der Waals surface area contributed by atoms with E-state index in [1.807, 2.05) is 19.9 Å². The van der Waals surface area contributed by atoms with Gasteiger partial charge in [0.25, 0.3) is 0 Å². The summed E-state index contributed by atoms with van der Waals surface area (Å²) in [6.45, 7) is 9.94. The summed E-state index contributed by atoms with van der Waals surface area (Å²) in [5.74, 6) is -0.336. The van der Waals surface area contributed by atoms with Gasteiger partial charge < -0.3 is 9.84 Å². The summed E-state index contributed by atoms with van der Waals surface area (Å²) >= 11 is 0. The molecule has 0 amide bonds. The first kappa shape index (κ1) is 16.3. The summed E-state index contributed by atoms with van der Waals surface area (Å²) in [6, 6.07) is 0. The predicted molar refractivity (Wildman–Crippen MR) is 89.0 cm³/mol. The molecule has 4 nitrogen and oxygen atoms in total. The van der Waals surface area contributed by atoms with E-state index in [-0.39, 0.29) is 29.0 Å². The third-order valence-electron chi connectivity index (χ3n) is 8.26. The highest BCUT2D eigenvalue weighted by atomic mass is 16.6. The van der Waals surface area contributed by atoms with Crippen LogP contribution in [0.3, 0.4) is 0 Å². The number of fused-ring (bicyclic) bond motifs is 1. The van der Waals surface area contributed by atoms with Crippen molar-refractivity contribution in [2.45, 2.75) is 71.0 Å². The standard InChI is InChI=1S/C20H28O4/c1-5-17(2)10-12-13(21)9-14-18(3)7-6-8-20(14,24-16(18)23)19(12,4)15(22)11-17/h5,12,14-15,22H,1,6-11H2,2-4H3/t12-,14-,15-,17-,18-,19-,20+/m0/s1. The number of hydrogen-bond donors (Lipinski definition) is 1. The van der Waals surface area contributed by atoms with Crippen molar-refractivity contribution in [3.05, 3.63) is 12.7 Å². The van der Waals surface area contributed by atoms with E-state index in [1.165, 1.54) is 0 Å². The summed E-state index contributed by atoms with van der Waals surface area (Å²) in [5, 5.41) is 11.2. The van der Waals surface area contributed by atoms with Crippen molar-refractivity contribution < 1.29 is 19.4 Å². The Morgan fingerprint density at radius 2 is 1.92 bits per heavy atom. The van der Waals surface area contributed by atoms with E-state index >= 15 is 0 Å². The molecule has 4 aliphatic rings. The Morgan fingerprint density at radius 3 is 2.58 bits per heavy atom. The van der Waals surface area contributed by atoms with Crippen LogP contribution in [0.4, 0.5) is 0 Å². The molecule has 4 rings (SSSR count). The van der Waals surface area contributed by atoms with E-state index in [0.717, 1.165) is 19.3 Å². The number of carbonyl (C=O) groups excluding carboxylic acids is 2. The van der Waals surface area contributed by atoms with E-state index in [9.17, 15) is 14.7 Å². The van der Waals surface area contributed by atoms with Crippen LogP contribution in [0.2, 0.25) is 0 Å². The van der Waals surface area contributed by atoms with Crippen LogP contribution < -0.4 is 0 Å². The van der Waals surface area contributed by atoms with Crippen LogP contribution in [0.15, 0.2) is 12.7 Å². The Labute approximate surface area is 143 Å². The van der Waals surface area contributed by atoms with E-state index in [0.29, 0.717) is 19.3 Å². The van der Waals surface area contributed by atoms with Gasteiger partial charge in [-0.1, -0.05) is 19.9 Å². The zero-order valence-electron chi connectivity index (χ0n) is 14.9. The monoisotopic (exact) mass is 332 g/mol. The number of rotatable bonds is 1. The minimum atomic E-state index is -0.691. The number of esters is 1. The van der Waals surface area contributed by atoms with Gasteiger partial charge >= 0.3 is 5.97 Å². The molecule has 4 fully saturated rings. The minimum absolute atomic E-state index is 0.0947. The van der Waals surface area contributed by atoms with Crippen molar-refractivity contribution in [1.29, 1.82) is 0 Å². The lowest BCUT2D eigenvalue weighted by Crippen LogP contribution is -2.69. The molecule has 3 saturated carbocycles. The number of ether oxygens (including phenoxy) is 1. The zero-order chi connectivity index (χ0) is 17.5. The van der Waals surface area contributed by atoms with Gasteiger partial charge in [-0.3, -0.25) is 9.59 Å². The maximum absolute atomic E-state index is 13.1. The molecule has 0 radical (unpaired) electrons. The predicted octanol–water partition coefficient (Wildman–Crippen LogP) is 3.03. The van der Waals surface area contributed by atoms with Crippen molar-refractivity contribution in [2.24, 2.45) is 28.1 Å². The third kappa shape index (κ3) is 1.59. The smallest absolute Gasteiger partial charge is 0.312 e. The number of aliphatic hydroxyl groups excluding tert-OH is 1. The van der Waals surface area contributed by atoms with Gasteiger partial charge in [0.15, 0.2) is 0 Å². The fourth-order valence-corrected chi connectivity index (χ4v) is 6.56. The largest absolute Gasteiger partial charge is 0.458 e. The molecule has 1 saturated heterocycles. The molecular formula is C20H28O4. The highest BCUT2D eigenvalue weighted by molar-refractivity contribution is 5.89. The summed E-state index contributed by atoms with van der Waals surface area (Å²) in [6.07, 6.45) is 5.33. The van der Waals surface area contributed by atoms with Gasteiger partial charge in [0.05, 0.1) is 11.5 Å². The summed E-state index contributed by atoms with van der Waals surface area (Å²) in [7, 11) is 0. The summed E-state index contributed by atoms with van der Waals surface area (Å²) in [5.41, 5.74) is -2.19. The number of carbonyl (C=O) groups is 2. The Morgan fingerprint density at radius 1 is 1.21 bits per heavy atom. The van der Waals surface area contributed by atoms with Gasteiger partial charge in [0.2, 0.25) is 0 Å². The van der Waals surface area contributed by atoms with Crippen molar-refractivity contribution >= 4 is 11.8 Å². The Kier molecular flexibility index (Phi) is 3.07. The van der Waals surface area contributed by atoms with Crippen molar-refractivity contribution in [1.82, 2.24) is 0 Å². The SMILES string of the molecule is C=C[C@]1(C)C[C@H](O)[C@]2(C)[C@@H](C1)C(=O)C[C@H]1[C@]3(C)CCC[C@@]12OC3=O. The van der Waals surface area contributed by atoms with E-state index in [2.05, 4.69) is 13.5 Å². The first-order chi connectivity index (χ1) is 11.1. The maximum atomic E-state index is 13.1. The maximum Gasteiger partial charge on any atom is 0.312 e. The van der Waals surface area contributed by atoms with E-state index < -0.39 is 22.5 Å².